The third kappa shape index (κ3) is 3.66. The maximum atomic E-state index is 11.8. The number of hydrogen-bond acceptors (Lipinski definition) is 6. The van der Waals surface area contributed by atoms with Crippen LogP contribution >= 0.6 is 0 Å². The van der Waals surface area contributed by atoms with E-state index < -0.39 is 0 Å². The maximum absolute atomic E-state index is 11.8. The first kappa shape index (κ1) is 13.8. The number of nitrogens with two attached hydrogens (primary N) is 1. The van der Waals surface area contributed by atoms with Gasteiger partial charge in [-0.05, 0) is 31.1 Å². The van der Waals surface area contributed by atoms with Gasteiger partial charge in [-0.2, -0.15) is 0 Å². The Bertz CT molecular complexity index is 420. The Hall–Kier alpha value is -1.63. The molecular weight excluding hydrogens is 246 g/mol. The third-order valence-corrected chi connectivity index (χ3v) is 3.60. The molecule has 1 aliphatic rings. The second-order valence-corrected chi connectivity index (χ2v) is 4.86. The van der Waals surface area contributed by atoms with Crippen LogP contribution in [0, 0.1) is 0 Å². The van der Waals surface area contributed by atoms with Gasteiger partial charge in [0.05, 0.1) is 6.42 Å². The summed E-state index contributed by atoms with van der Waals surface area (Å²) in [6, 6.07) is 0.440. The van der Waals surface area contributed by atoms with Crippen molar-refractivity contribution in [3.8, 4) is 0 Å². The standard InChI is InChI=1S/C12H21N5O2/c1-2-17-6-4-3-5-9(17)8-14-11(18)7-10-12(13)16-19-15-10/h9H,2-8H2,1H3,(H2,13,16)(H,14,18)/t9-/m1/s1. The third-order valence-electron chi connectivity index (χ3n) is 3.60. The number of anilines is 1. The molecule has 2 rings (SSSR count). The number of carbonyl (C=O) groups excluding carboxylic acids is 1. The van der Waals surface area contributed by atoms with Crippen LogP contribution in [0.3, 0.4) is 0 Å². The van der Waals surface area contributed by atoms with Crippen LogP contribution in [0.2, 0.25) is 0 Å². The molecule has 0 radical (unpaired) electrons. The predicted octanol–water partition coefficient (Wildman–Crippen LogP) is 0.185. The van der Waals surface area contributed by atoms with E-state index in [0.717, 1.165) is 19.5 Å². The van der Waals surface area contributed by atoms with Crippen LogP contribution in [0.15, 0.2) is 4.63 Å². The molecule has 0 saturated carbocycles. The fraction of sp³-hybridized carbons (Fsp3) is 0.750. The van der Waals surface area contributed by atoms with E-state index in [1.165, 1.54) is 12.8 Å². The molecule has 0 unspecified atom stereocenters. The lowest BCUT2D eigenvalue weighted by Crippen LogP contribution is -2.46. The van der Waals surface area contributed by atoms with Gasteiger partial charge in [-0.15, -0.1) is 0 Å². The summed E-state index contributed by atoms with van der Waals surface area (Å²) in [5.41, 5.74) is 5.91. The van der Waals surface area contributed by atoms with Crippen LogP contribution in [0.5, 0.6) is 0 Å². The summed E-state index contributed by atoms with van der Waals surface area (Å²) in [6.07, 6.45) is 3.74. The van der Waals surface area contributed by atoms with Crippen molar-refractivity contribution >= 4 is 11.7 Å². The van der Waals surface area contributed by atoms with Crippen LogP contribution in [0.25, 0.3) is 0 Å². The molecule has 106 valence electrons. The quantitative estimate of drug-likeness (QED) is 0.790. The Morgan fingerprint density at radius 1 is 1.53 bits per heavy atom. The van der Waals surface area contributed by atoms with Crippen LogP contribution in [-0.2, 0) is 11.2 Å². The Labute approximate surface area is 112 Å². The molecular formula is C12H21N5O2. The average Bonchev–Trinajstić information content (AvgIpc) is 2.82. The first-order valence-electron chi connectivity index (χ1n) is 6.78. The zero-order chi connectivity index (χ0) is 13.7. The van der Waals surface area contributed by atoms with E-state index in [2.05, 4.69) is 32.1 Å². The van der Waals surface area contributed by atoms with Crippen molar-refractivity contribution in [3.63, 3.8) is 0 Å². The van der Waals surface area contributed by atoms with Gasteiger partial charge in [-0.3, -0.25) is 9.69 Å². The number of likely N-dealkylation sites (N-methyl/N-ethyl adjacent to an activating group) is 1. The summed E-state index contributed by atoms with van der Waals surface area (Å²) >= 11 is 0. The van der Waals surface area contributed by atoms with E-state index in [9.17, 15) is 4.79 Å². The van der Waals surface area contributed by atoms with E-state index in [1.54, 1.807) is 0 Å². The second-order valence-electron chi connectivity index (χ2n) is 4.86. The van der Waals surface area contributed by atoms with E-state index in [1.807, 2.05) is 0 Å². The van der Waals surface area contributed by atoms with Gasteiger partial charge >= 0.3 is 0 Å². The molecule has 1 aromatic heterocycles. The summed E-state index contributed by atoms with van der Waals surface area (Å²) in [6.45, 7) is 4.98. The van der Waals surface area contributed by atoms with Crippen molar-refractivity contribution in [2.75, 3.05) is 25.4 Å². The van der Waals surface area contributed by atoms with Crippen molar-refractivity contribution in [2.24, 2.45) is 0 Å². The molecule has 7 heteroatoms. The van der Waals surface area contributed by atoms with Crippen molar-refractivity contribution in [1.82, 2.24) is 20.5 Å². The Morgan fingerprint density at radius 3 is 3.05 bits per heavy atom. The molecule has 3 N–H and O–H groups in total. The van der Waals surface area contributed by atoms with E-state index >= 15 is 0 Å². The lowest BCUT2D eigenvalue weighted by molar-refractivity contribution is -0.120. The minimum atomic E-state index is -0.0935. The molecule has 19 heavy (non-hydrogen) atoms. The summed E-state index contributed by atoms with van der Waals surface area (Å²) in [4.78, 5) is 14.2. The molecule has 2 heterocycles. The number of hydrogen-bond donors (Lipinski definition) is 2. The second kappa shape index (κ2) is 6.51. The van der Waals surface area contributed by atoms with Crippen molar-refractivity contribution in [1.29, 1.82) is 0 Å². The molecule has 7 nitrogen and oxygen atoms in total. The van der Waals surface area contributed by atoms with E-state index in [4.69, 9.17) is 5.73 Å². The largest absolute Gasteiger partial charge is 0.379 e. The number of nitrogens with one attached hydrogen (secondary N) is 1. The molecule has 0 aliphatic carbocycles. The molecule has 1 aromatic rings. The Morgan fingerprint density at radius 2 is 2.37 bits per heavy atom. The maximum Gasteiger partial charge on any atom is 0.226 e. The Kier molecular flexibility index (Phi) is 4.73. The number of aromatic nitrogens is 2. The summed E-state index contributed by atoms with van der Waals surface area (Å²) < 4.78 is 4.46. The number of nitrogen functional groups attached to an aromatic ring is 1. The minimum Gasteiger partial charge on any atom is -0.379 e. The Balaban J connectivity index is 1.78. The highest BCUT2D eigenvalue weighted by Gasteiger charge is 2.21. The van der Waals surface area contributed by atoms with Crippen LogP contribution in [-0.4, -0.2) is 46.8 Å². The van der Waals surface area contributed by atoms with Gasteiger partial charge in [-0.25, -0.2) is 4.63 Å². The number of nitrogens with zero attached hydrogens (tertiary/aromatic N) is 3. The monoisotopic (exact) mass is 267 g/mol. The van der Waals surface area contributed by atoms with Gasteiger partial charge in [0, 0.05) is 12.6 Å². The first-order valence-corrected chi connectivity index (χ1v) is 6.78. The van der Waals surface area contributed by atoms with Gasteiger partial charge in [0.2, 0.25) is 5.91 Å². The summed E-state index contributed by atoms with van der Waals surface area (Å²) in [7, 11) is 0. The normalized spacial score (nSPS) is 20.4. The fourth-order valence-electron chi connectivity index (χ4n) is 2.49. The molecule has 1 fully saturated rings. The van der Waals surface area contributed by atoms with Crippen LogP contribution < -0.4 is 11.1 Å². The fourth-order valence-corrected chi connectivity index (χ4v) is 2.49. The molecule has 0 bridgehead atoms. The number of rotatable bonds is 5. The molecule has 0 spiro atoms. The lowest BCUT2D eigenvalue weighted by Gasteiger charge is -2.34. The van der Waals surface area contributed by atoms with Crippen LogP contribution in [0.4, 0.5) is 5.82 Å². The number of amides is 1. The smallest absolute Gasteiger partial charge is 0.226 e. The highest BCUT2D eigenvalue weighted by molar-refractivity contribution is 5.79. The number of piperidine rings is 1. The van der Waals surface area contributed by atoms with Gasteiger partial charge in [-0.1, -0.05) is 18.5 Å². The molecule has 1 atom stereocenters. The van der Waals surface area contributed by atoms with Crippen molar-refractivity contribution in [2.45, 2.75) is 38.6 Å². The molecule has 0 aromatic carbocycles. The molecule has 1 amide bonds. The van der Waals surface area contributed by atoms with E-state index in [-0.39, 0.29) is 18.1 Å². The van der Waals surface area contributed by atoms with E-state index in [0.29, 0.717) is 18.3 Å². The lowest BCUT2D eigenvalue weighted by atomic mass is 10.0. The first-order chi connectivity index (χ1) is 9.20. The molecule has 1 aliphatic heterocycles. The topological polar surface area (TPSA) is 97.3 Å². The number of likely N-dealkylation sites (tertiary alicyclic amines) is 1. The molecule has 1 saturated heterocycles. The van der Waals surface area contributed by atoms with Crippen molar-refractivity contribution in [3.05, 3.63) is 5.69 Å². The summed E-state index contributed by atoms with van der Waals surface area (Å²) in [5, 5.41) is 9.98. The predicted molar refractivity (Wildman–Crippen MR) is 70.3 cm³/mol. The van der Waals surface area contributed by atoms with Gasteiger partial charge in [0.25, 0.3) is 0 Å². The SMILES string of the molecule is CCN1CCCC[C@@H]1CNC(=O)Cc1nonc1N. The van der Waals surface area contributed by atoms with Crippen LogP contribution in [0.1, 0.15) is 31.9 Å². The summed E-state index contributed by atoms with van der Waals surface area (Å²) in [5.74, 6) is 0.0898. The zero-order valence-corrected chi connectivity index (χ0v) is 11.3. The van der Waals surface area contributed by atoms with Gasteiger partial charge in [0.15, 0.2) is 5.82 Å². The highest BCUT2D eigenvalue weighted by Crippen LogP contribution is 2.15. The minimum absolute atomic E-state index is 0.0935. The van der Waals surface area contributed by atoms with Gasteiger partial charge in [0.1, 0.15) is 5.69 Å². The van der Waals surface area contributed by atoms with Gasteiger partial charge < -0.3 is 11.1 Å². The average molecular weight is 267 g/mol. The zero-order valence-electron chi connectivity index (χ0n) is 11.3. The highest BCUT2D eigenvalue weighted by atomic mass is 16.6. The number of carbonyl (C=O) groups is 1. The van der Waals surface area contributed by atoms with Crippen molar-refractivity contribution < 1.29 is 9.42 Å².